The number of fused-ring (bicyclic) bond motifs is 1. The van der Waals surface area contributed by atoms with Crippen LogP contribution in [0.25, 0.3) is 0 Å². The lowest BCUT2D eigenvalue weighted by molar-refractivity contribution is -0.143. The smallest absolute Gasteiger partial charge is 0.306 e. The number of rotatable bonds is 4. The molecule has 0 N–H and O–H groups in total. The van der Waals surface area contributed by atoms with E-state index in [2.05, 4.69) is 6.07 Å². The summed E-state index contributed by atoms with van der Waals surface area (Å²) in [5.41, 5.74) is 1.24. The van der Waals surface area contributed by atoms with Crippen LogP contribution in [0, 0.1) is 0 Å². The van der Waals surface area contributed by atoms with Crippen molar-refractivity contribution in [1.29, 1.82) is 0 Å². The molecule has 0 amide bonds. The van der Waals surface area contributed by atoms with E-state index in [1.54, 1.807) is 18.9 Å². The van der Waals surface area contributed by atoms with Gasteiger partial charge >= 0.3 is 5.97 Å². The van der Waals surface area contributed by atoms with Gasteiger partial charge in [0.2, 0.25) is 0 Å². The Morgan fingerprint density at radius 2 is 2.35 bits per heavy atom. The third kappa shape index (κ3) is 2.75. The fourth-order valence-electron chi connectivity index (χ4n) is 1.97. The third-order valence-corrected chi connectivity index (χ3v) is 4.05. The van der Waals surface area contributed by atoms with E-state index in [0.29, 0.717) is 13.0 Å². The first kappa shape index (κ1) is 12.3. The van der Waals surface area contributed by atoms with Crippen molar-refractivity contribution in [3.8, 4) is 5.75 Å². The molecule has 0 spiro atoms. The van der Waals surface area contributed by atoms with Gasteiger partial charge in [0.15, 0.2) is 0 Å². The molecule has 3 nitrogen and oxygen atoms in total. The second-order valence-electron chi connectivity index (χ2n) is 3.92. The number of methoxy groups -OCH3 is 1. The van der Waals surface area contributed by atoms with E-state index in [1.165, 1.54) is 10.5 Å². The van der Waals surface area contributed by atoms with Crippen LogP contribution in [0.15, 0.2) is 23.1 Å². The van der Waals surface area contributed by atoms with E-state index in [9.17, 15) is 4.79 Å². The Morgan fingerprint density at radius 3 is 3.06 bits per heavy atom. The van der Waals surface area contributed by atoms with E-state index < -0.39 is 0 Å². The minimum atomic E-state index is -0.109. The predicted octanol–water partition coefficient (Wildman–Crippen LogP) is 2.84. The summed E-state index contributed by atoms with van der Waals surface area (Å²) in [7, 11) is 1.66. The molecule has 0 radical (unpaired) electrons. The molecule has 0 saturated carbocycles. The summed E-state index contributed by atoms with van der Waals surface area (Å²) < 4.78 is 10.2. The lowest BCUT2D eigenvalue weighted by Crippen LogP contribution is -2.10. The quantitative estimate of drug-likeness (QED) is 0.772. The first-order valence-corrected chi connectivity index (χ1v) is 6.69. The lowest BCUT2D eigenvalue weighted by atomic mass is 9.98. The van der Waals surface area contributed by atoms with Crippen LogP contribution in [0.1, 0.15) is 24.8 Å². The molecule has 17 heavy (non-hydrogen) atoms. The molecule has 1 aliphatic heterocycles. The van der Waals surface area contributed by atoms with Crippen LogP contribution in [0.4, 0.5) is 0 Å². The van der Waals surface area contributed by atoms with Gasteiger partial charge in [-0.05, 0) is 24.6 Å². The average Bonchev–Trinajstić information content (AvgIpc) is 2.72. The summed E-state index contributed by atoms with van der Waals surface area (Å²) in [5, 5.41) is 0. The van der Waals surface area contributed by atoms with Gasteiger partial charge in [-0.3, -0.25) is 4.79 Å². The largest absolute Gasteiger partial charge is 0.497 e. The summed E-state index contributed by atoms with van der Waals surface area (Å²) in [6.07, 6.45) is 0.472. The number of thioether (sulfide) groups is 1. The van der Waals surface area contributed by atoms with Crippen molar-refractivity contribution >= 4 is 17.7 Å². The third-order valence-electron chi connectivity index (χ3n) is 2.82. The van der Waals surface area contributed by atoms with E-state index in [0.717, 1.165) is 11.5 Å². The van der Waals surface area contributed by atoms with Gasteiger partial charge in [0, 0.05) is 16.6 Å². The van der Waals surface area contributed by atoms with E-state index in [4.69, 9.17) is 9.47 Å². The molecule has 1 heterocycles. The fraction of sp³-hybridized carbons (Fsp3) is 0.462. The minimum Gasteiger partial charge on any atom is -0.497 e. The molecule has 1 unspecified atom stereocenters. The molecule has 0 saturated heterocycles. The molecule has 1 aliphatic rings. The molecule has 0 fully saturated rings. The zero-order chi connectivity index (χ0) is 12.3. The van der Waals surface area contributed by atoms with Gasteiger partial charge in [0.05, 0.1) is 20.1 Å². The van der Waals surface area contributed by atoms with Crippen LogP contribution in [0.2, 0.25) is 0 Å². The minimum absolute atomic E-state index is 0.109. The van der Waals surface area contributed by atoms with Crippen molar-refractivity contribution < 1.29 is 14.3 Å². The Bertz CT molecular complexity index is 417. The Morgan fingerprint density at radius 1 is 1.53 bits per heavy atom. The second kappa shape index (κ2) is 5.45. The average molecular weight is 252 g/mol. The zero-order valence-corrected chi connectivity index (χ0v) is 10.9. The van der Waals surface area contributed by atoms with Crippen LogP contribution in [-0.2, 0) is 9.53 Å². The van der Waals surface area contributed by atoms with Gasteiger partial charge in [0.1, 0.15) is 5.75 Å². The number of carbonyl (C=O) groups excluding carboxylic acids is 1. The Hall–Kier alpha value is -1.16. The maximum Gasteiger partial charge on any atom is 0.306 e. The van der Waals surface area contributed by atoms with E-state index in [-0.39, 0.29) is 11.9 Å². The van der Waals surface area contributed by atoms with Crippen molar-refractivity contribution in [2.24, 2.45) is 0 Å². The van der Waals surface area contributed by atoms with Crippen molar-refractivity contribution in [2.75, 3.05) is 19.5 Å². The van der Waals surface area contributed by atoms with Crippen LogP contribution in [-0.4, -0.2) is 25.4 Å². The van der Waals surface area contributed by atoms with Gasteiger partial charge in [-0.25, -0.2) is 0 Å². The van der Waals surface area contributed by atoms with Crippen molar-refractivity contribution in [3.63, 3.8) is 0 Å². The first-order chi connectivity index (χ1) is 8.24. The molecule has 0 aromatic heterocycles. The van der Waals surface area contributed by atoms with Crippen LogP contribution < -0.4 is 4.74 Å². The van der Waals surface area contributed by atoms with Gasteiger partial charge in [-0.15, -0.1) is 11.8 Å². The fourth-order valence-corrected chi connectivity index (χ4v) is 3.25. The number of esters is 1. The van der Waals surface area contributed by atoms with E-state index >= 15 is 0 Å². The van der Waals surface area contributed by atoms with Gasteiger partial charge in [-0.1, -0.05) is 6.07 Å². The molecule has 92 valence electrons. The SMILES string of the molecule is CCOC(=O)CC1CSc2cc(OC)ccc21. The topological polar surface area (TPSA) is 35.5 Å². The second-order valence-corrected chi connectivity index (χ2v) is 4.98. The lowest BCUT2D eigenvalue weighted by Gasteiger charge is -2.10. The molecular weight excluding hydrogens is 236 g/mol. The van der Waals surface area contributed by atoms with Gasteiger partial charge in [0.25, 0.3) is 0 Å². The highest BCUT2D eigenvalue weighted by Crippen LogP contribution is 2.42. The standard InChI is InChI=1S/C13H16O3S/c1-3-16-13(14)6-9-8-17-12-7-10(15-2)4-5-11(9)12/h4-5,7,9H,3,6,8H2,1-2H3. The van der Waals surface area contributed by atoms with Gasteiger partial charge < -0.3 is 9.47 Å². The highest BCUT2D eigenvalue weighted by Gasteiger charge is 2.26. The van der Waals surface area contributed by atoms with Gasteiger partial charge in [-0.2, -0.15) is 0 Å². The highest BCUT2D eigenvalue weighted by molar-refractivity contribution is 7.99. The first-order valence-electron chi connectivity index (χ1n) is 5.71. The normalized spacial score (nSPS) is 17.6. The Kier molecular flexibility index (Phi) is 3.94. The predicted molar refractivity (Wildman–Crippen MR) is 67.7 cm³/mol. The molecular formula is C13H16O3S. The molecule has 2 rings (SSSR count). The summed E-state index contributed by atoms with van der Waals surface area (Å²) >= 11 is 1.78. The van der Waals surface area contributed by atoms with Crippen LogP contribution in [0.3, 0.4) is 0 Å². The molecule has 0 bridgehead atoms. The van der Waals surface area contributed by atoms with Crippen molar-refractivity contribution in [2.45, 2.75) is 24.2 Å². The highest BCUT2D eigenvalue weighted by atomic mass is 32.2. The number of carbonyl (C=O) groups is 1. The number of hydrogen-bond donors (Lipinski definition) is 0. The maximum atomic E-state index is 11.5. The number of hydrogen-bond acceptors (Lipinski definition) is 4. The number of ether oxygens (including phenoxy) is 2. The Labute approximate surface area is 105 Å². The van der Waals surface area contributed by atoms with Crippen molar-refractivity contribution in [1.82, 2.24) is 0 Å². The van der Waals surface area contributed by atoms with Crippen molar-refractivity contribution in [3.05, 3.63) is 23.8 Å². The monoisotopic (exact) mass is 252 g/mol. The molecule has 1 atom stereocenters. The molecule has 1 aromatic carbocycles. The zero-order valence-electron chi connectivity index (χ0n) is 10.1. The number of benzene rings is 1. The summed E-state index contributed by atoms with van der Waals surface area (Å²) in [6, 6.07) is 6.03. The molecule has 4 heteroatoms. The summed E-state index contributed by atoms with van der Waals surface area (Å²) in [6.45, 7) is 2.29. The van der Waals surface area contributed by atoms with Crippen LogP contribution in [0.5, 0.6) is 5.75 Å². The van der Waals surface area contributed by atoms with E-state index in [1.807, 2.05) is 19.1 Å². The summed E-state index contributed by atoms with van der Waals surface area (Å²) in [4.78, 5) is 12.7. The summed E-state index contributed by atoms with van der Waals surface area (Å²) in [5.74, 6) is 1.98. The molecule has 0 aliphatic carbocycles. The maximum absolute atomic E-state index is 11.5. The molecule has 1 aromatic rings. The van der Waals surface area contributed by atoms with Crippen LogP contribution >= 0.6 is 11.8 Å². The Balaban J connectivity index is 2.09.